The Morgan fingerprint density at radius 1 is 0.463 bits per heavy atom. The number of ether oxygens (including phenoxy) is 1. The fourth-order valence-electron chi connectivity index (χ4n) is 9.39. The Bertz CT molecular complexity index is 5680. The van der Waals surface area contributed by atoms with Crippen LogP contribution in [0.4, 0.5) is 0 Å². The summed E-state index contributed by atoms with van der Waals surface area (Å²) in [7, 11) is 1.83. The van der Waals surface area contributed by atoms with Gasteiger partial charge in [-0.25, -0.2) is 15.0 Å². The quantitative estimate of drug-likeness (QED) is 0.0948. The first kappa shape index (κ1) is 121. The second-order valence-electron chi connectivity index (χ2n) is 28.3. The maximum absolute atomic E-state index is 11.2. The lowest BCUT2D eigenvalue weighted by Gasteiger charge is -2.19. The van der Waals surface area contributed by atoms with E-state index in [1.165, 1.54) is 141 Å². The third-order valence-electron chi connectivity index (χ3n) is 15.2. The van der Waals surface area contributed by atoms with Gasteiger partial charge in [0.25, 0.3) is 0 Å². The maximum Gasteiger partial charge on any atom is 0.194 e. The van der Waals surface area contributed by atoms with Crippen molar-refractivity contribution < 1.29 is 71.5 Å². The molecule has 1 saturated heterocycles. The van der Waals surface area contributed by atoms with Crippen LogP contribution < -0.4 is 0 Å². The number of aryl methyl sites for hydroxylation is 2. The molecule has 1 aliphatic rings. The molecule has 1 unspecified atom stereocenters. The van der Waals surface area contributed by atoms with Gasteiger partial charge in [0.05, 0.1) is 67.6 Å². The summed E-state index contributed by atoms with van der Waals surface area (Å²) in [5.74, 6) is 1.92. The molecule has 24 nitrogen and oxygen atoms in total. The average molecular weight is 1950 g/mol. The molecule has 0 saturated carbocycles. The number of furan rings is 1. The van der Waals surface area contributed by atoms with Crippen molar-refractivity contribution in [1.29, 1.82) is 0 Å². The van der Waals surface area contributed by atoms with Gasteiger partial charge < -0.3 is 42.9 Å². The van der Waals surface area contributed by atoms with E-state index < -0.39 is 0 Å². The van der Waals surface area contributed by atoms with Crippen LogP contribution >= 0.6 is 79.9 Å². The van der Waals surface area contributed by atoms with E-state index in [-0.39, 0.29) is 81.3 Å². The third-order valence-corrected chi connectivity index (χ3v) is 20.8. The number of thiophene rings is 5. The molecule has 0 radical (unpaired) electrons. The number of halogens is 2. The Hall–Kier alpha value is -13.0. The van der Waals surface area contributed by atoms with Gasteiger partial charge in [0.2, 0.25) is 0 Å². The molecule has 1 fully saturated rings. The number of H-pyrrole nitrogens is 2. The number of fused-ring (bicyclic) bond motifs is 4. The minimum Gasteiger partial charge on any atom is -0.461 e. The normalized spacial score (nSPS) is 10.4. The standard InChI is InChI=1S/C10H7ClOS.C10H8OS.C9H8N2O.C9H7N.C7H12O2.2C7H8OS.C6H8N2O.C6H6O2.C5H6N2O.2C5H5N.C4H4S.4C3H6O.CH3Cl/c1-6(12)10-9(11)7-4-2-3-5-8(7)13-10;1-7(11)10-6-8-4-2-3-5-9(8)12-10;1-6(12)7-2-3-8-9(4-7)11-5-10-8;1-2-6-9-8(4-1)5-3-7-10-9;1-6(8)7-4-2-3-5-9-7;1-5-3-4-9-7(5)6(2)8;1-6(8)5-7-3-2-4-9-7;1-5(9)6-3-8(2)4-7-6;1-5(7)6-3-2-4-8-6;1-4(8)5-2-6-3-7-5;2*1-2-4-6-5-3-1;1-2-4-5-3-1;4*1-3(2)4;1-2/h2-5H,1H3;2-6H,1H3;2-5H,1H3,(H,10,11);1-7H;7H,2-5H2,1H3;3-4H,1-2H3;2-4H,5H2,1H3;3-4H,1-2H3;2-4H,1H3;2-3H,1H3,(H,6,7);2*1-5H;1-4H;4*1-2H3;1H3. The van der Waals surface area contributed by atoms with Crippen LogP contribution in [0.25, 0.3) is 42.1 Å². The monoisotopic (exact) mass is 1950 g/mol. The summed E-state index contributed by atoms with van der Waals surface area (Å²) < 4.78 is 13.9. The number of hydrogen-bond donors (Lipinski definition) is 2. The first-order valence-electron chi connectivity index (χ1n) is 41.3. The molecule has 12 aromatic heterocycles. The van der Waals surface area contributed by atoms with Crippen LogP contribution in [0.1, 0.15) is 218 Å². The third kappa shape index (κ3) is 59.4. The van der Waals surface area contributed by atoms with Crippen LogP contribution in [0.2, 0.25) is 5.02 Å². The maximum atomic E-state index is 11.2. The number of ketones is 13. The summed E-state index contributed by atoms with van der Waals surface area (Å²) in [6.45, 7) is 28.9. The Labute approximate surface area is 814 Å². The van der Waals surface area contributed by atoms with Gasteiger partial charge in [-0.1, -0.05) is 103 Å². The minimum atomic E-state index is -0.0845. The number of para-hydroxylation sites is 1. The molecule has 1 atom stereocenters. The van der Waals surface area contributed by atoms with Crippen molar-refractivity contribution >= 4 is 197 Å². The summed E-state index contributed by atoms with van der Waals surface area (Å²) in [5.41, 5.74) is 5.74. The van der Waals surface area contributed by atoms with Crippen molar-refractivity contribution in [2.75, 3.05) is 13.0 Å². The fourth-order valence-corrected chi connectivity index (χ4v) is 13.9. The zero-order chi connectivity index (χ0) is 101. The second-order valence-corrected chi connectivity index (χ2v) is 33.6. The number of nitrogens with zero attached hydrogens (tertiary/aromatic N) is 7. The molecule has 16 aromatic rings. The molecular weight excluding hydrogens is 1830 g/mol. The van der Waals surface area contributed by atoms with Crippen molar-refractivity contribution in [3.05, 3.63) is 331 Å². The van der Waals surface area contributed by atoms with Crippen LogP contribution in [0, 0.1) is 6.92 Å². The summed E-state index contributed by atoms with van der Waals surface area (Å²) in [5, 5.41) is 11.9. The van der Waals surface area contributed by atoms with Crippen LogP contribution in [-0.4, -0.2) is 139 Å². The number of hydrogen-bond acceptors (Lipinski definition) is 26. The van der Waals surface area contributed by atoms with Crippen molar-refractivity contribution in [3.63, 3.8) is 0 Å². The van der Waals surface area contributed by atoms with Crippen LogP contribution in [0.3, 0.4) is 0 Å². The highest BCUT2D eigenvalue weighted by molar-refractivity contribution is 7.21. The van der Waals surface area contributed by atoms with E-state index in [1.54, 1.807) is 135 Å². The van der Waals surface area contributed by atoms with E-state index in [1.807, 2.05) is 199 Å². The first-order valence-corrected chi connectivity index (χ1v) is 46.8. The Morgan fingerprint density at radius 2 is 1.03 bits per heavy atom. The number of imidazole rings is 3. The highest BCUT2D eigenvalue weighted by Crippen LogP contribution is 2.35. The van der Waals surface area contributed by atoms with E-state index in [9.17, 15) is 62.3 Å². The predicted octanol–water partition coefficient (Wildman–Crippen LogP) is 26.0. The number of aromatic amines is 2. The average Bonchev–Trinajstić information content (AvgIpc) is 1.66. The highest BCUT2D eigenvalue weighted by atomic mass is 35.5. The number of pyridine rings is 3. The SMILES string of the molecule is CC(=O)C1CCCCO1.CC(=O)Cc1cccs1.CC(=O)c1cc2ccccc2s1.CC(=O)c1ccc2nc[nH]c2c1.CC(=O)c1ccco1.CC(=O)c1cn(C)cn1.CC(=O)c1cnc[nH]1.CC(=O)c1sc2ccccc2c1Cl.CC(=O)c1sccc1C.CC(C)=O.CC(C)=O.CC(C)=O.CC(C)=O.CCl.c1ccc2ncccc2c1.c1ccncc1.c1ccncc1.c1ccsc1. The van der Waals surface area contributed by atoms with Crippen LogP contribution in [-0.2, 0) is 47.0 Å². The zero-order valence-corrected chi connectivity index (χ0v) is 84.8. The fraction of sp³-hybridized carbons (Fsp3) is 0.252. The van der Waals surface area contributed by atoms with Crippen LogP contribution in [0.15, 0.2) is 283 Å². The van der Waals surface area contributed by atoms with Gasteiger partial charge in [-0.15, -0.1) is 56.9 Å². The molecule has 0 bridgehead atoms. The minimum absolute atomic E-state index is 0.00981. The zero-order valence-electron chi connectivity index (χ0n) is 79.2. The van der Waals surface area contributed by atoms with Gasteiger partial charge in [0.15, 0.2) is 52.0 Å². The van der Waals surface area contributed by atoms with Crippen molar-refractivity contribution in [1.82, 2.24) is 44.4 Å². The smallest absolute Gasteiger partial charge is 0.194 e. The molecule has 710 valence electrons. The number of aromatic nitrogens is 9. The molecule has 31 heteroatoms. The predicted molar refractivity (Wildman–Crippen MR) is 549 cm³/mol. The lowest BCUT2D eigenvalue weighted by atomic mass is 10.1. The number of benzene rings is 4. The van der Waals surface area contributed by atoms with E-state index in [0.717, 1.165) is 78.1 Å². The number of rotatable bonds is 10. The largest absolute Gasteiger partial charge is 0.461 e. The number of carbonyl (C=O) groups is 13. The molecule has 17 rings (SSSR count). The molecule has 0 aliphatic carbocycles. The van der Waals surface area contributed by atoms with Gasteiger partial charge in [-0.05, 0) is 246 Å². The summed E-state index contributed by atoms with van der Waals surface area (Å²) in [6, 6.07) is 60.0. The summed E-state index contributed by atoms with van der Waals surface area (Å²) >= 11 is 18.5. The van der Waals surface area contributed by atoms with Crippen molar-refractivity contribution in [3.8, 4) is 0 Å². The lowest BCUT2D eigenvalue weighted by Crippen LogP contribution is -2.25. The molecule has 1 aliphatic heterocycles. The van der Waals surface area contributed by atoms with Crippen molar-refractivity contribution in [2.24, 2.45) is 7.05 Å². The highest BCUT2D eigenvalue weighted by Gasteiger charge is 2.18. The number of alkyl halides is 1. The molecular formula is C103H119Cl2N9O15S5. The molecule has 134 heavy (non-hydrogen) atoms. The van der Waals surface area contributed by atoms with Gasteiger partial charge >= 0.3 is 0 Å². The Kier molecular flexibility index (Phi) is 66.5. The van der Waals surface area contributed by atoms with Gasteiger partial charge in [0, 0.05) is 122 Å². The van der Waals surface area contributed by atoms with Gasteiger partial charge in [0.1, 0.15) is 46.4 Å². The molecule has 0 amide bonds. The van der Waals surface area contributed by atoms with Crippen molar-refractivity contribution in [2.45, 2.75) is 156 Å². The van der Waals surface area contributed by atoms with E-state index >= 15 is 0 Å². The second kappa shape index (κ2) is 73.6. The number of carbonyl (C=O) groups excluding carboxylic acids is 13. The lowest BCUT2D eigenvalue weighted by molar-refractivity contribution is -0.131. The van der Waals surface area contributed by atoms with E-state index in [2.05, 4.69) is 63.6 Å². The molecule has 13 heterocycles. The number of Topliss-reactive ketones (excluding diaryl/α,β-unsaturated/α-hetero) is 13. The molecule has 4 aromatic carbocycles. The van der Waals surface area contributed by atoms with Gasteiger partial charge in [-0.2, -0.15) is 11.3 Å². The number of nitrogens with one attached hydrogen (secondary N) is 2. The topological polar surface area (TPSA) is 358 Å². The van der Waals surface area contributed by atoms with Crippen LogP contribution in [0.5, 0.6) is 0 Å². The van der Waals surface area contributed by atoms with E-state index in [4.69, 9.17) is 20.8 Å². The Balaban J connectivity index is 0.00000142. The van der Waals surface area contributed by atoms with E-state index in [0.29, 0.717) is 39.0 Å². The first-order chi connectivity index (χ1) is 63.7. The molecule has 0 spiro atoms. The summed E-state index contributed by atoms with van der Waals surface area (Å²) in [6.07, 6.45) is 23.4. The summed E-state index contributed by atoms with van der Waals surface area (Å²) in [4.78, 5) is 167. The van der Waals surface area contributed by atoms with Gasteiger partial charge in [-0.3, -0.25) is 58.1 Å². The molecule has 2 N–H and O–H groups in total. The Morgan fingerprint density at radius 3 is 1.40 bits per heavy atom.